The van der Waals surface area contributed by atoms with Gasteiger partial charge in [-0.1, -0.05) is 65.2 Å². The summed E-state index contributed by atoms with van der Waals surface area (Å²) < 4.78 is 27.6. The molecule has 0 unspecified atom stereocenters. The smallest absolute Gasteiger partial charge is 0.264 e. The molecule has 0 heterocycles. The van der Waals surface area contributed by atoms with E-state index in [0.29, 0.717) is 5.69 Å². The van der Waals surface area contributed by atoms with E-state index in [1.807, 2.05) is 26.0 Å². The fourth-order valence-electron chi connectivity index (χ4n) is 2.98. The number of amides is 1. The molecule has 0 bridgehead atoms. The number of aryl methyl sites for hydroxylation is 2. The van der Waals surface area contributed by atoms with Crippen LogP contribution in [0.5, 0.6) is 0 Å². The molecule has 8 heteroatoms. The van der Waals surface area contributed by atoms with Crippen LogP contribution in [0.2, 0.25) is 10.0 Å². The maximum Gasteiger partial charge on any atom is 0.264 e. The predicted octanol–water partition coefficient (Wildman–Crippen LogP) is 5.44. The Bertz CT molecular complexity index is 1180. The van der Waals surface area contributed by atoms with Gasteiger partial charge in [0.1, 0.15) is 6.54 Å². The lowest BCUT2D eigenvalue weighted by atomic mass is 10.1. The fourth-order valence-corrected chi connectivity index (χ4v) is 4.88. The molecular weight excluding hydrogens is 443 g/mol. The summed E-state index contributed by atoms with van der Waals surface area (Å²) in [7, 11) is -4.07. The summed E-state index contributed by atoms with van der Waals surface area (Å²) in [4.78, 5) is 12.9. The van der Waals surface area contributed by atoms with Crippen LogP contribution < -0.4 is 9.62 Å². The summed E-state index contributed by atoms with van der Waals surface area (Å²) >= 11 is 12.4. The first-order valence-electron chi connectivity index (χ1n) is 9.09. The highest BCUT2D eigenvalue weighted by atomic mass is 35.5. The Morgan fingerprint density at radius 2 is 1.67 bits per heavy atom. The molecular formula is C22H20Cl2N2O3S. The molecule has 0 fully saturated rings. The van der Waals surface area contributed by atoms with E-state index in [2.05, 4.69) is 5.32 Å². The van der Waals surface area contributed by atoms with Crippen molar-refractivity contribution in [3.63, 3.8) is 0 Å². The Kier molecular flexibility index (Phi) is 6.71. The minimum Gasteiger partial charge on any atom is -0.324 e. The number of benzene rings is 3. The number of sulfonamides is 1. The first-order chi connectivity index (χ1) is 14.2. The van der Waals surface area contributed by atoms with Gasteiger partial charge in [-0.25, -0.2) is 8.42 Å². The highest BCUT2D eigenvalue weighted by molar-refractivity contribution is 7.92. The quantitative estimate of drug-likeness (QED) is 0.529. The van der Waals surface area contributed by atoms with E-state index < -0.39 is 22.5 Å². The van der Waals surface area contributed by atoms with Crippen molar-refractivity contribution in [1.82, 2.24) is 0 Å². The van der Waals surface area contributed by atoms with Crippen LogP contribution in [0.1, 0.15) is 11.1 Å². The maximum absolute atomic E-state index is 13.3. The Balaban J connectivity index is 1.99. The summed E-state index contributed by atoms with van der Waals surface area (Å²) in [5.41, 5.74) is 2.68. The molecule has 1 N–H and O–H groups in total. The second-order valence-corrected chi connectivity index (χ2v) is 9.41. The van der Waals surface area contributed by atoms with E-state index in [-0.39, 0.29) is 20.6 Å². The SMILES string of the molecule is Cc1ccc(NC(=O)CN(c2cccc(Cl)c2Cl)S(=O)(=O)c2ccccc2)c(C)c1. The summed E-state index contributed by atoms with van der Waals surface area (Å²) in [6.07, 6.45) is 0. The number of nitrogens with one attached hydrogen (secondary N) is 1. The van der Waals surface area contributed by atoms with Gasteiger partial charge in [0, 0.05) is 5.69 Å². The van der Waals surface area contributed by atoms with Crippen molar-refractivity contribution in [2.45, 2.75) is 18.7 Å². The lowest BCUT2D eigenvalue weighted by Gasteiger charge is -2.25. The van der Waals surface area contributed by atoms with Gasteiger partial charge in [0.05, 0.1) is 20.6 Å². The number of hydrogen-bond acceptors (Lipinski definition) is 3. The van der Waals surface area contributed by atoms with Crippen LogP contribution in [0.25, 0.3) is 0 Å². The van der Waals surface area contributed by atoms with Gasteiger partial charge in [0.25, 0.3) is 10.0 Å². The number of nitrogens with zero attached hydrogens (tertiary/aromatic N) is 1. The van der Waals surface area contributed by atoms with Crippen LogP contribution in [-0.2, 0) is 14.8 Å². The van der Waals surface area contributed by atoms with Crippen molar-refractivity contribution in [2.24, 2.45) is 0 Å². The van der Waals surface area contributed by atoms with E-state index in [1.165, 1.54) is 18.2 Å². The molecule has 30 heavy (non-hydrogen) atoms. The minimum atomic E-state index is -4.07. The third-order valence-electron chi connectivity index (χ3n) is 4.47. The number of hydrogen-bond donors (Lipinski definition) is 1. The van der Waals surface area contributed by atoms with Gasteiger partial charge in [-0.2, -0.15) is 0 Å². The Hall–Kier alpha value is -2.54. The number of anilines is 2. The van der Waals surface area contributed by atoms with E-state index in [4.69, 9.17) is 23.2 Å². The van der Waals surface area contributed by atoms with Crippen molar-refractivity contribution in [3.8, 4) is 0 Å². The monoisotopic (exact) mass is 462 g/mol. The van der Waals surface area contributed by atoms with E-state index in [1.54, 1.807) is 36.4 Å². The molecule has 5 nitrogen and oxygen atoms in total. The summed E-state index contributed by atoms with van der Waals surface area (Å²) in [5.74, 6) is -0.502. The topological polar surface area (TPSA) is 66.5 Å². The van der Waals surface area contributed by atoms with Crippen LogP contribution in [0.4, 0.5) is 11.4 Å². The third-order valence-corrected chi connectivity index (χ3v) is 7.06. The summed E-state index contributed by atoms with van der Waals surface area (Å²) in [6, 6.07) is 18.1. The Labute approximate surface area is 186 Å². The van der Waals surface area contributed by atoms with Crippen LogP contribution in [-0.4, -0.2) is 20.9 Å². The normalized spacial score (nSPS) is 11.2. The molecule has 0 saturated heterocycles. The number of halogens is 2. The zero-order valence-corrected chi connectivity index (χ0v) is 18.7. The molecule has 0 radical (unpaired) electrons. The van der Waals surface area contributed by atoms with E-state index in [9.17, 15) is 13.2 Å². The van der Waals surface area contributed by atoms with Crippen molar-refractivity contribution in [3.05, 3.63) is 87.9 Å². The minimum absolute atomic E-state index is 0.0420. The molecule has 3 aromatic carbocycles. The molecule has 0 aliphatic heterocycles. The lowest BCUT2D eigenvalue weighted by molar-refractivity contribution is -0.114. The van der Waals surface area contributed by atoms with Crippen molar-refractivity contribution in [1.29, 1.82) is 0 Å². The molecule has 0 aromatic heterocycles. The van der Waals surface area contributed by atoms with Crippen LogP contribution in [0, 0.1) is 13.8 Å². The zero-order valence-electron chi connectivity index (χ0n) is 16.4. The Morgan fingerprint density at radius 1 is 0.967 bits per heavy atom. The Morgan fingerprint density at radius 3 is 2.33 bits per heavy atom. The van der Waals surface area contributed by atoms with Crippen LogP contribution in [0.15, 0.2) is 71.6 Å². The molecule has 0 aliphatic carbocycles. The second-order valence-electron chi connectivity index (χ2n) is 6.76. The molecule has 3 aromatic rings. The number of rotatable bonds is 6. The van der Waals surface area contributed by atoms with Gasteiger partial charge >= 0.3 is 0 Å². The third kappa shape index (κ3) is 4.78. The molecule has 0 spiro atoms. The number of carbonyl (C=O) groups is 1. The van der Waals surface area contributed by atoms with Crippen molar-refractivity contribution < 1.29 is 13.2 Å². The molecule has 1 amide bonds. The predicted molar refractivity (Wildman–Crippen MR) is 122 cm³/mol. The largest absolute Gasteiger partial charge is 0.324 e. The van der Waals surface area contributed by atoms with Crippen LogP contribution in [0.3, 0.4) is 0 Å². The molecule has 0 aliphatic rings. The molecule has 0 saturated carbocycles. The van der Waals surface area contributed by atoms with Gasteiger partial charge < -0.3 is 5.32 Å². The standard InChI is InChI=1S/C22H20Cl2N2O3S/c1-15-11-12-19(16(2)13-15)25-21(27)14-26(20-10-6-9-18(23)22(20)24)30(28,29)17-7-4-3-5-8-17/h3-13H,14H2,1-2H3,(H,25,27). The second kappa shape index (κ2) is 9.08. The van der Waals surface area contributed by atoms with Gasteiger partial charge in [-0.15, -0.1) is 0 Å². The van der Waals surface area contributed by atoms with Gasteiger partial charge in [0.15, 0.2) is 0 Å². The summed E-state index contributed by atoms with van der Waals surface area (Å²) in [6.45, 7) is 3.35. The first kappa shape index (κ1) is 22.2. The van der Waals surface area contributed by atoms with Gasteiger partial charge in [-0.05, 0) is 49.7 Å². The average Bonchev–Trinajstić information content (AvgIpc) is 2.71. The first-order valence-corrected chi connectivity index (χ1v) is 11.3. The highest BCUT2D eigenvalue weighted by Gasteiger charge is 2.29. The number of carbonyl (C=O) groups excluding carboxylic acids is 1. The molecule has 0 atom stereocenters. The van der Waals surface area contributed by atoms with E-state index >= 15 is 0 Å². The zero-order chi connectivity index (χ0) is 21.9. The highest BCUT2D eigenvalue weighted by Crippen LogP contribution is 2.35. The van der Waals surface area contributed by atoms with Crippen molar-refractivity contribution >= 4 is 50.5 Å². The fraction of sp³-hybridized carbons (Fsp3) is 0.136. The molecule has 3 rings (SSSR count). The van der Waals surface area contributed by atoms with Crippen LogP contribution >= 0.6 is 23.2 Å². The van der Waals surface area contributed by atoms with Crippen molar-refractivity contribution in [2.75, 3.05) is 16.2 Å². The summed E-state index contributed by atoms with van der Waals surface area (Å²) in [5, 5.41) is 3.02. The van der Waals surface area contributed by atoms with Gasteiger partial charge in [0.2, 0.25) is 5.91 Å². The lowest BCUT2D eigenvalue weighted by Crippen LogP contribution is -2.38. The average molecular weight is 463 g/mol. The maximum atomic E-state index is 13.3. The molecule has 156 valence electrons. The van der Waals surface area contributed by atoms with Gasteiger partial charge in [-0.3, -0.25) is 9.10 Å². The van der Waals surface area contributed by atoms with E-state index in [0.717, 1.165) is 15.4 Å².